The van der Waals surface area contributed by atoms with Gasteiger partial charge in [-0.3, -0.25) is 9.78 Å². The predicted molar refractivity (Wildman–Crippen MR) is 224 cm³/mol. The van der Waals surface area contributed by atoms with Crippen molar-refractivity contribution in [1.82, 2.24) is 4.98 Å². The molecular weight excluding hydrogens is 888 g/mol. The third-order valence-electron chi connectivity index (χ3n) is 11.2. The number of aromatic nitrogens is 1. The molecule has 2 heterocycles. The van der Waals surface area contributed by atoms with E-state index in [1.165, 1.54) is 46.8 Å². The number of pyridine rings is 1. The maximum atomic E-state index is 13.4. The van der Waals surface area contributed by atoms with Crippen LogP contribution in [0.3, 0.4) is 0 Å². The Balaban J connectivity index is 0.000000433. The standard InChI is InChI=1S/C34H35F3NSi.C13H24O2.Ir/c1-32(2,3)28-19-26(18-24-10-8-9-11-27(24)28)30-31-25(16-17-38-30)20-29(39(31,6)7)23-14-12-22(13-15-23)21-33(4,5)34(35,36)37;1-5-10(6-2)12(14)9-13(15)11(7-3)8-4;/h8-17,19-20H,21H2,1-7H3;9-11,14H,5-8H2,1-4H3;/q-1;;/b;12-9-;. The minimum atomic E-state index is -4.24. The third-order valence-corrected chi connectivity index (χ3v) is 14.7. The monoisotopic (exact) mass is 947 g/mol. The van der Waals surface area contributed by atoms with Crippen LogP contribution in [-0.2, 0) is 36.7 Å². The number of carbonyl (C=O) groups is 1. The molecule has 8 heteroatoms. The molecule has 0 saturated heterocycles. The van der Waals surface area contributed by atoms with Crippen molar-refractivity contribution >= 4 is 41.1 Å². The minimum Gasteiger partial charge on any atom is -0.512 e. The first-order valence-corrected chi connectivity index (χ1v) is 22.5. The molecule has 3 aromatic carbocycles. The van der Waals surface area contributed by atoms with Gasteiger partial charge in [0.25, 0.3) is 0 Å². The molecule has 4 aromatic rings. The van der Waals surface area contributed by atoms with Crippen LogP contribution in [-0.4, -0.2) is 30.1 Å². The van der Waals surface area contributed by atoms with Gasteiger partial charge in [0, 0.05) is 49.9 Å². The van der Waals surface area contributed by atoms with E-state index in [1.807, 2.05) is 58.2 Å². The van der Waals surface area contributed by atoms with Gasteiger partial charge in [0.05, 0.1) is 11.2 Å². The van der Waals surface area contributed by atoms with Crippen LogP contribution < -0.4 is 5.19 Å². The number of aliphatic hydroxyl groups is 1. The van der Waals surface area contributed by atoms with Crippen LogP contribution in [0.1, 0.15) is 110 Å². The molecule has 1 aliphatic rings. The molecule has 0 atom stereocenters. The minimum absolute atomic E-state index is 0. The Kier molecular flexibility index (Phi) is 15.3. The molecule has 299 valence electrons. The van der Waals surface area contributed by atoms with Crippen LogP contribution in [0.5, 0.6) is 0 Å². The smallest absolute Gasteiger partial charge is 0.394 e. The quantitative estimate of drug-likeness (QED) is 0.0705. The molecule has 0 unspecified atom stereocenters. The van der Waals surface area contributed by atoms with Gasteiger partial charge in [-0.1, -0.05) is 140 Å². The molecule has 0 aliphatic carbocycles. The number of rotatable bonds is 11. The van der Waals surface area contributed by atoms with Crippen LogP contribution in [0, 0.1) is 23.3 Å². The van der Waals surface area contributed by atoms with E-state index < -0.39 is 19.7 Å². The fourth-order valence-corrected chi connectivity index (χ4v) is 10.9. The van der Waals surface area contributed by atoms with E-state index in [1.54, 1.807) is 0 Å². The summed E-state index contributed by atoms with van der Waals surface area (Å²) in [7, 11) is -2.18. The van der Waals surface area contributed by atoms with E-state index in [-0.39, 0.29) is 55.3 Å². The number of hydrogen-bond donors (Lipinski definition) is 1. The summed E-state index contributed by atoms with van der Waals surface area (Å²) in [4.78, 5) is 16.6. The Morgan fingerprint density at radius 3 is 2.00 bits per heavy atom. The molecule has 0 saturated carbocycles. The second kappa shape index (κ2) is 18.3. The van der Waals surface area contributed by atoms with Gasteiger partial charge in [-0.15, -0.1) is 29.1 Å². The number of hydrogen-bond acceptors (Lipinski definition) is 3. The van der Waals surface area contributed by atoms with Gasteiger partial charge in [-0.05, 0) is 65.5 Å². The van der Waals surface area contributed by atoms with Crippen molar-refractivity contribution in [3.05, 3.63) is 107 Å². The van der Waals surface area contributed by atoms with Gasteiger partial charge in [0.15, 0.2) is 5.78 Å². The molecule has 5 rings (SSSR count). The number of allylic oxidation sites excluding steroid dienone is 2. The normalized spacial score (nSPS) is 14.3. The van der Waals surface area contributed by atoms with E-state index in [2.05, 4.69) is 82.4 Å². The summed E-state index contributed by atoms with van der Waals surface area (Å²) in [6.07, 6.45) is 4.75. The number of ketones is 1. The number of halogens is 3. The number of benzene rings is 3. The van der Waals surface area contributed by atoms with E-state index >= 15 is 0 Å². The second-order valence-electron chi connectivity index (χ2n) is 17.0. The number of carbonyl (C=O) groups excluding carboxylic acids is 1. The van der Waals surface area contributed by atoms with Crippen molar-refractivity contribution in [2.24, 2.45) is 17.3 Å². The molecule has 0 bridgehead atoms. The Morgan fingerprint density at radius 2 is 1.45 bits per heavy atom. The third kappa shape index (κ3) is 10.4. The Labute approximate surface area is 342 Å². The SMILES string of the molecule is CC(C)(C)c1cc(-c2nccc3c2[Si](C)(C)C(c2ccc(CC(C)(C)C(F)(F)F)cc2)=C3)[c-]c2ccccc12.CCC(CC)C(=O)/C=C(\O)C(CC)CC.[Ir]. The van der Waals surface area contributed by atoms with Crippen molar-refractivity contribution in [3.8, 4) is 11.3 Å². The molecule has 0 amide bonds. The van der Waals surface area contributed by atoms with Gasteiger partial charge in [0.1, 0.15) is 8.07 Å². The summed E-state index contributed by atoms with van der Waals surface area (Å²) in [5, 5.41) is 14.6. The first kappa shape index (κ1) is 46.1. The molecule has 0 spiro atoms. The first-order chi connectivity index (χ1) is 25.2. The molecule has 55 heavy (non-hydrogen) atoms. The molecule has 1 aromatic heterocycles. The van der Waals surface area contributed by atoms with Crippen LogP contribution in [0.15, 0.2) is 78.7 Å². The van der Waals surface area contributed by atoms with Crippen LogP contribution >= 0.6 is 0 Å². The Bertz CT molecular complexity index is 2000. The van der Waals surface area contributed by atoms with E-state index in [0.717, 1.165) is 47.9 Å². The second-order valence-corrected chi connectivity index (χ2v) is 21.2. The van der Waals surface area contributed by atoms with Crippen molar-refractivity contribution in [3.63, 3.8) is 0 Å². The number of alkyl halides is 3. The van der Waals surface area contributed by atoms with E-state index in [9.17, 15) is 23.1 Å². The maximum absolute atomic E-state index is 13.4. The average molecular weight is 947 g/mol. The van der Waals surface area contributed by atoms with Gasteiger partial charge in [-0.25, -0.2) is 0 Å². The summed E-state index contributed by atoms with van der Waals surface area (Å²) in [5.41, 5.74) is 4.39. The van der Waals surface area contributed by atoms with Crippen molar-refractivity contribution in [2.45, 2.75) is 119 Å². The van der Waals surface area contributed by atoms with Crippen molar-refractivity contribution in [1.29, 1.82) is 0 Å². The zero-order valence-corrected chi connectivity index (χ0v) is 37.9. The summed E-state index contributed by atoms with van der Waals surface area (Å²) < 4.78 is 40.3. The Morgan fingerprint density at radius 1 is 0.873 bits per heavy atom. The predicted octanol–water partition coefficient (Wildman–Crippen LogP) is 13.0. The summed E-state index contributed by atoms with van der Waals surface area (Å²) >= 11 is 0. The molecule has 0 fully saturated rings. The van der Waals surface area contributed by atoms with E-state index in [4.69, 9.17) is 4.98 Å². The summed E-state index contributed by atoms with van der Waals surface area (Å²) in [5.74, 6) is 0.547. The topological polar surface area (TPSA) is 50.2 Å². The first-order valence-electron chi connectivity index (χ1n) is 19.5. The van der Waals surface area contributed by atoms with Gasteiger partial charge in [0.2, 0.25) is 0 Å². The van der Waals surface area contributed by atoms with Crippen molar-refractivity contribution in [2.75, 3.05) is 0 Å². The fraction of sp³-hybridized carbons (Fsp3) is 0.447. The molecule has 1 radical (unpaired) electrons. The van der Waals surface area contributed by atoms with Gasteiger partial charge in [-0.2, -0.15) is 13.2 Å². The average Bonchev–Trinajstić information content (AvgIpc) is 3.38. The van der Waals surface area contributed by atoms with Crippen LogP contribution in [0.2, 0.25) is 13.1 Å². The number of nitrogens with zero attached hydrogens (tertiary/aromatic N) is 1. The largest absolute Gasteiger partial charge is 0.512 e. The van der Waals surface area contributed by atoms with E-state index in [0.29, 0.717) is 5.56 Å². The van der Waals surface area contributed by atoms with Gasteiger partial charge >= 0.3 is 6.18 Å². The zero-order chi connectivity index (χ0) is 40.2. The fourth-order valence-electron chi connectivity index (χ4n) is 7.54. The molecule has 1 aliphatic heterocycles. The number of aliphatic hydroxyl groups excluding tert-OH is 1. The van der Waals surface area contributed by atoms with Crippen molar-refractivity contribution < 1.29 is 43.2 Å². The zero-order valence-electron chi connectivity index (χ0n) is 34.5. The Hall–Kier alpha value is -3.32. The van der Waals surface area contributed by atoms with Crippen LogP contribution in [0.4, 0.5) is 13.2 Å². The molecule has 3 nitrogen and oxygen atoms in total. The van der Waals surface area contributed by atoms with Gasteiger partial charge < -0.3 is 5.11 Å². The summed E-state index contributed by atoms with van der Waals surface area (Å²) in [6, 6.07) is 24.1. The molecule has 1 N–H and O–H groups in total. The van der Waals surface area contributed by atoms with Crippen LogP contribution in [0.25, 0.3) is 33.3 Å². The summed E-state index contributed by atoms with van der Waals surface area (Å²) in [6.45, 7) is 22.0. The number of fused-ring (bicyclic) bond motifs is 2. The molecular formula is C47H59F3IrNO2Si-. The maximum Gasteiger partial charge on any atom is 0.394 e.